The summed E-state index contributed by atoms with van der Waals surface area (Å²) in [4.78, 5) is 0.561. The van der Waals surface area contributed by atoms with Crippen LogP contribution in [0.15, 0.2) is 214 Å². The third-order valence-electron chi connectivity index (χ3n) is 13.0. The molecule has 0 unspecified atom stereocenters. The van der Waals surface area contributed by atoms with Crippen LogP contribution in [0.5, 0.6) is 40.2 Å². The average Bonchev–Trinajstić information content (AvgIpc) is 3.49. The summed E-state index contributed by atoms with van der Waals surface area (Å²) in [5, 5.41) is 12.4. The summed E-state index contributed by atoms with van der Waals surface area (Å²) in [7, 11) is -7.48. The Kier molecular flexibility index (Phi) is 23.9. The predicted molar refractivity (Wildman–Crippen MR) is 305 cm³/mol. The van der Waals surface area contributed by atoms with E-state index < -0.39 is 19.7 Å². The van der Waals surface area contributed by atoms with Gasteiger partial charge >= 0.3 is 51.4 Å². The van der Waals surface area contributed by atoms with Crippen molar-refractivity contribution in [2.45, 2.75) is 96.8 Å². The van der Waals surface area contributed by atoms with Gasteiger partial charge in [-0.2, -0.15) is 0 Å². The summed E-state index contributed by atoms with van der Waals surface area (Å²) in [6.07, 6.45) is 12.3. The van der Waals surface area contributed by atoms with Gasteiger partial charge in [-0.25, -0.2) is 16.8 Å². The topological polar surface area (TPSA) is 137 Å². The van der Waals surface area contributed by atoms with Crippen molar-refractivity contribution in [1.29, 1.82) is 0 Å². The van der Waals surface area contributed by atoms with Gasteiger partial charge in [-0.3, -0.25) is 0 Å². The molecule has 8 aromatic carbocycles. The quantitative estimate of drug-likeness (QED) is 0.0243. The van der Waals surface area contributed by atoms with Crippen LogP contribution in [-0.2, 0) is 31.0 Å². The van der Waals surface area contributed by atoms with Crippen molar-refractivity contribution in [3.63, 3.8) is 0 Å². The van der Waals surface area contributed by atoms with E-state index in [2.05, 4.69) is 52.3 Å². The van der Waals surface area contributed by atoms with Gasteiger partial charge in [0, 0.05) is 11.9 Å². The van der Waals surface area contributed by atoms with Gasteiger partial charge < -0.3 is 28.8 Å². The van der Waals surface area contributed by atoms with Crippen molar-refractivity contribution in [2.24, 2.45) is 0 Å². The predicted octanol–water partition coefficient (Wildman–Crippen LogP) is 13.0. The summed E-state index contributed by atoms with van der Waals surface area (Å²) in [6.45, 7) is 2.50. The van der Waals surface area contributed by atoms with Gasteiger partial charge in [-0.05, 0) is 175 Å². The molecule has 0 aliphatic rings. The number of unbranched alkanes of at least 4 members (excludes halogenated alkanes) is 9. The molecule has 0 N–H and O–H groups in total. The largest absolute Gasteiger partial charge is 1.00 e. The molecule has 0 aliphatic carbocycles. The summed E-state index contributed by atoms with van der Waals surface area (Å²) >= 11 is 3.49. The van der Waals surface area contributed by atoms with Gasteiger partial charge in [0.05, 0.1) is 39.4 Å². The van der Waals surface area contributed by atoms with Crippen molar-refractivity contribution in [2.75, 3.05) is 25.2 Å². The van der Waals surface area contributed by atoms with E-state index in [4.69, 9.17) is 23.7 Å². The Morgan fingerprint density at radius 2 is 0.615 bits per heavy atom. The van der Waals surface area contributed by atoms with E-state index >= 15 is 0 Å². The van der Waals surface area contributed by atoms with Crippen LogP contribution in [0.25, 0.3) is 22.3 Å². The molecule has 0 saturated heterocycles. The number of benzene rings is 8. The first-order valence-electron chi connectivity index (χ1n) is 26.3. The third-order valence-corrected chi connectivity index (χ3v) is 17.1. The smallest absolute Gasteiger partial charge is 0.872 e. The van der Waals surface area contributed by atoms with Crippen molar-refractivity contribution in [3.05, 3.63) is 200 Å². The molecule has 78 heavy (non-hydrogen) atoms. The van der Waals surface area contributed by atoms with Crippen LogP contribution in [0.3, 0.4) is 0 Å². The minimum absolute atomic E-state index is 0. The fraction of sp³-hybridized carbons (Fsp3) is 0.250. The van der Waals surface area contributed by atoms with E-state index in [-0.39, 0.29) is 76.7 Å². The van der Waals surface area contributed by atoms with Gasteiger partial charge in [0.1, 0.15) is 34.5 Å². The van der Waals surface area contributed by atoms with Crippen LogP contribution in [0.1, 0.15) is 76.2 Å². The molecule has 0 radical (unpaired) electrons. The number of hydrogen-bond donors (Lipinski definition) is 0. The molecule has 10 nitrogen and oxygen atoms in total. The van der Waals surface area contributed by atoms with Gasteiger partial charge in [0.2, 0.25) is 19.7 Å². The summed E-state index contributed by atoms with van der Waals surface area (Å²) in [6, 6.07) is 56.4. The van der Waals surface area contributed by atoms with Gasteiger partial charge in [-0.1, -0.05) is 134 Å². The molecule has 14 heteroatoms. The fourth-order valence-corrected chi connectivity index (χ4v) is 11.4. The Labute approximate surface area is 511 Å². The number of rotatable bonds is 30. The number of halogens is 1. The Hall–Kier alpha value is -5.26. The van der Waals surface area contributed by atoms with Gasteiger partial charge in [0.15, 0.2) is 0 Å². The minimum Gasteiger partial charge on any atom is -0.872 e. The first kappa shape index (κ1) is 60.4. The minimum atomic E-state index is -3.79. The first-order valence-corrected chi connectivity index (χ1v) is 30.3. The number of alkyl halides is 1. The van der Waals surface area contributed by atoms with Crippen molar-refractivity contribution in [3.8, 4) is 62.5 Å². The second kappa shape index (κ2) is 30.9. The summed E-state index contributed by atoms with van der Waals surface area (Å²) in [5.74, 6) is 3.57. The second-order valence-corrected chi connectivity index (χ2v) is 23.4. The van der Waals surface area contributed by atoms with Crippen molar-refractivity contribution in [1.82, 2.24) is 0 Å². The van der Waals surface area contributed by atoms with E-state index in [1.165, 1.54) is 68.5 Å². The standard InChI is InChI=1S/C64H65BrO10S2.K/c65-44-8-4-1-2-6-10-46-72-55-24-16-51(17-25-55)53-20-28-58(29-21-53)75-60-34-42-64(43-35-60)77(69,70)63-40-32-59(33-41-63)74-57-26-18-52(19-27-57)50-14-12-49(13-15-50)48-71-45-9-5-3-7-11-47-73-56-30-38-62(39-31-56)76(67,68)61-36-22-54(66)23-37-61;/h12-43,66H,1-11,44-48H2;/q;+1/p-1. The van der Waals surface area contributed by atoms with E-state index in [1.807, 2.05) is 60.7 Å². The number of hydrogen-bond acceptors (Lipinski definition) is 10. The Morgan fingerprint density at radius 1 is 0.333 bits per heavy atom. The van der Waals surface area contributed by atoms with Crippen molar-refractivity contribution >= 4 is 35.6 Å². The third kappa shape index (κ3) is 18.1. The molecule has 0 fully saturated rings. The normalized spacial score (nSPS) is 11.4. The van der Waals surface area contributed by atoms with Crippen LogP contribution in [0.2, 0.25) is 0 Å². The van der Waals surface area contributed by atoms with Crippen LogP contribution in [0, 0.1) is 0 Å². The maximum atomic E-state index is 13.6. The fourth-order valence-electron chi connectivity index (χ4n) is 8.53. The van der Waals surface area contributed by atoms with Gasteiger partial charge in [0.25, 0.3) is 0 Å². The molecule has 0 atom stereocenters. The molecule has 0 spiro atoms. The van der Waals surface area contributed by atoms with E-state index in [0.717, 1.165) is 84.0 Å². The zero-order valence-electron chi connectivity index (χ0n) is 44.1. The van der Waals surface area contributed by atoms with E-state index in [9.17, 15) is 21.9 Å². The average molecular weight is 1180 g/mol. The van der Waals surface area contributed by atoms with Crippen LogP contribution >= 0.6 is 15.9 Å². The Balaban J connectivity index is 0.00000882. The molecule has 0 amide bonds. The Bertz CT molecular complexity index is 3270. The second-order valence-electron chi connectivity index (χ2n) is 18.7. The summed E-state index contributed by atoms with van der Waals surface area (Å²) < 4.78 is 82.6. The monoisotopic (exact) mass is 1170 g/mol. The molecule has 400 valence electrons. The molecule has 0 bridgehead atoms. The molecular formula is C64H64BrKO10S2. The zero-order chi connectivity index (χ0) is 53.7. The van der Waals surface area contributed by atoms with Crippen molar-refractivity contribution < 1.29 is 97.0 Å². The van der Waals surface area contributed by atoms with Gasteiger partial charge in [-0.15, -0.1) is 5.75 Å². The maximum absolute atomic E-state index is 13.6. The molecule has 0 saturated carbocycles. The molecular weight excluding hydrogens is 1110 g/mol. The molecule has 0 heterocycles. The number of sulfone groups is 2. The number of ether oxygens (including phenoxy) is 5. The van der Waals surface area contributed by atoms with Crippen LogP contribution < -0.4 is 75.4 Å². The molecule has 0 aliphatic heterocycles. The molecule has 8 aromatic rings. The van der Waals surface area contributed by atoms with E-state index in [0.29, 0.717) is 48.6 Å². The van der Waals surface area contributed by atoms with Crippen LogP contribution in [0.4, 0.5) is 0 Å². The molecule has 8 rings (SSSR count). The van der Waals surface area contributed by atoms with E-state index in [1.54, 1.807) is 60.7 Å². The zero-order valence-corrected chi connectivity index (χ0v) is 50.4. The summed E-state index contributed by atoms with van der Waals surface area (Å²) in [5.41, 5.74) is 5.33. The maximum Gasteiger partial charge on any atom is 1.00 e. The first-order chi connectivity index (χ1) is 37.5. The SMILES string of the molecule is O=S(=O)(c1ccc([O-])cc1)c1ccc(OCCCCCCCOCc2ccc(-c3ccc(Oc4ccc(S(=O)(=O)c5ccc(Oc6ccc(-c7ccc(OCCCCCCCCBr)cc7)cc6)cc5)cc4)cc3)cc2)cc1.[K+]. The molecule has 0 aromatic heterocycles. The van der Waals surface area contributed by atoms with Crippen LogP contribution in [-0.4, -0.2) is 42.0 Å². The Morgan fingerprint density at radius 3 is 0.987 bits per heavy atom.